The van der Waals surface area contributed by atoms with E-state index in [1.54, 1.807) is 20.8 Å². The molecule has 0 bridgehead atoms. The van der Waals surface area contributed by atoms with Crippen molar-refractivity contribution in [3.05, 3.63) is 62.5 Å². The van der Waals surface area contributed by atoms with Gasteiger partial charge in [-0.2, -0.15) is 0 Å². The topological polar surface area (TPSA) is 105 Å². The molecule has 1 atom stereocenters. The normalized spacial score (nSPS) is 12.6. The summed E-state index contributed by atoms with van der Waals surface area (Å²) in [5, 5.41) is 10.8. The van der Waals surface area contributed by atoms with E-state index in [0.717, 1.165) is 16.9 Å². The molecule has 2 aromatic heterocycles. The van der Waals surface area contributed by atoms with Gasteiger partial charge in [-0.15, -0.1) is 11.3 Å². The largest absolute Gasteiger partial charge is 0.459 e. The molecule has 2 heterocycles. The van der Waals surface area contributed by atoms with Crippen LogP contribution in [0.25, 0.3) is 10.2 Å². The quantitative estimate of drug-likeness (QED) is 0.412. The van der Waals surface area contributed by atoms with Gasteiger partial charge in [-0.05, 0) is 38.8 Å². The second kappa shape index (κ2) is 11.5. The number of aliphatic hydroxyl groups excluding tert-OH is 1. The second-order valence-corrected chi connectivity index (χ2v) is 9.17. The summed E-state index contributed by atoms with van der Waals surface area (Å²) in [7, 11) is 0. The first kappa shape index (κ1) is 25.0. The molecule has 1 aromatic carbocycles. The number of nitrogens with one attached hydrogen (secondary N) is 1. The van der Waals surface area contributed by atoms with Gasteiger partial charge in [-0.1, -0.05) is 30.3 Å². The summed E-state index contributed by atoms with van der Waals surface area (Å²) in [6.07, 6.45) is -0.927. The molecule has 0 radical (unpaired) electrons. The maximum atomic E-state index is 12.9. The minimum Gasteiger partial charge on any atom is -0.459 e. The molecule has 0 saturated heterocycles. The molecule has 3 rings (SSSR count). The van der Waals surface area contributed by atoms with Crippen molar-refractivity contribution in [3.63, 3.8) is 0 Å². The number of rotatable bonds is 11. The highest BCUT2D eigenvalue weighted by atomic mass is 32.1. The van der Waals surface area contributed by atoms with Gasteiger partial charge < -0.3 is 19.6 Å². The minimum absolute atomic E-state index is 0.232. The Kier molecular flexibility index (Phi) is 8.74. The first-order valence-electron chi connectivity index (χ1n) is 11.0. The lowest BCUT2D eigenvalue weighted by molar-refractivity contribution is 0.0175. The van der Waals surface area contributed by atoms with Gasteiger partial charge in [0.2, 0.25) is 0 Å². The average Bonchev–Trinajstić information content (AvgIpc) is 3.09. The number of hydrogen-bond donors (Lipinski definition) is 2. The SMILES string of the molecule is CCOC[C@H](O)CN(Cc1ccccc1)Cc1nc2sc(C(=O)OC(C)C)c(C)c2c(=O)[nH]1. The van der Waals surface area contributed by atoms with E-state index in [1.807, 2.05) is 42.2 Å². The van der Waals surface area contributed by atoms with Gasteiger partial charge in [-0.25, -0.2) is 9.78 Å². The van der Waals surface area contributed by atoms with Gasteiger partial charge in [0.15, 0.2) is 0 Å². The van der Waals surface area contributed by atoms with E-state index >= 15 is 0 Å². The molecule has 178 valence electrons. The van der Waals surface area contributed by atoms with Crippen molar-refractivity contribution in [2.24, 2.45) is 0 Å². The van der Waals surface area contributed by atoms with Crippen LogP contribution >= 0.6 is 11.3 Å². The van der Waals surface area contributed by atoms with Crippen LogP contribution in [0.1, 0.15) is 47.4 Å². The Bertz CT molecular complexity index is 1130. The fraction of sp³-hybridized carbons (Fsp3) is 0.458. The highest BCUT2D eigenvalue weighted by Gasteiger charge is 2.22. The smallest absolute Gasteiger partial charge is 0.348 e. The Morgan fingerprint density at radius 2 is 1.97 bits per heavy atom. The Balaban J connectivity index is 1.87. The number of H-pyrrole nitrogens is 1. The summed E-state index contributed by atoms with van der Waals surface area (Å²) in [5.41, 5.74) is 1.37. The molecule has 3 aromatic rings. The van der Waals surface area contributed by atoms with Gasteiger partial charge in [0.25, 0.3) is 5.56 Å². The predicted molar refractivity (Wildman–Crippen MR) is 129 cm³/mol. The fourth-order valence-corrected chi connectivity index (χ4v) is 4.65. The standard InChI is InChI=1S/C24H31N3O5S/c1-5-31-14-18(28)12-27(11-17-9-7-6-8-10-17)13-19-25-22(29)20-16(4)21(33-23(20)26-19)24(30)32-15(2)3/h6-10,15,18,28H,5,11-14H2,1-4H3,(H,25,26,29)/t18-/m1/s1. The molecule has 0 saturated carbocycles. The first-order valence-corrected chi connectivity index (χ1v) is 11.9. The number of aliphatic hydroxyl groups is 1. The van der Waals surface area contributed by atoms with Crippen LogP contribution in [0, 0.1) is 6.92 Å². The molecule has 2 N–H and O–H groups in total. The number of nitrogens with zero attached hydrogens (tertiary/aromatic N) is 2. The van der Waals surface area contributed by atoms with Crippen LogP contribution in [0.2, 0.25) is 0 Å². The highest BCUT2D eigenvalue weighted by molar-refractivity contribution is 7.20. The molecule has 0 aliphatic carbocycles. The van der Waals surface area contributed by atoms with Gasteiger partial charge in [0, 0.05) is 19.7 Å². The molecule has 8 nitrogen and oxygen atoms in total. The molecule has 0 aliphatic rings. The molecule has 0 unspecified atom stereocenters. The van der Waals surface area contributed by atoms with Gasteiger partial charge in [-0.3, -0.25) is 9.69 Å². The van der Waals surface area contributed by atoms with Crippen molar-refractivity contribution in [2.45, 2.75) is 53.0 Å². The third kappa shape index (κ3) is 6.70. The van der Waals surface area contributed by atoms with Crippen LogP contribution in [0.5, 0.6) is 0 Å². The number of carbonyl (C=O) groups excluding carboxylic acids is 1. The molecule has 0 fully saturated rings. The number of fused-ring (bicyclic) bond motifs is 1. The molecule has 9 heteroatoms. The summed E-state index contributed by atoms with van der Waals surface area (Å²) in [6.45, 7) is 9.19. The summed E-state index contributed by atoms with van der Waals surface area (Å²) in [5.74, 6) is 0.0215. The highest BCUT2D eigenvalue weighted by Crippen LogP contribution is 2.28. The predicted octanol–water partition coefficient (Wildman–Crippen LogP) is 3.26. The van der Waals surface area contributed by atoms with Crippen LogP contribution < -0.4 is 5.56 Å². The molecular formula is C24H31N3O5S. The van der Waals surface area contributed by atoms with E-state index in [1.165, 1.54) is 0 Å². The maximum Gasteiger partial charge on any atom is 0.348 e. The van der Waals surface area contributed by atoms with E-state index in [2.05, 4.69) is 9.97 Å². The van der Waals surface area contributed by atoms with Crippen molar-refractivity contribution in [2.75, 3.05) is 19.8 Å². The zero-order valence-electron chi connectivity index (χ0n) is 19.5. The monoisotopic (exact) mass is 473 g/mol. The first-order chi connectivity index (χ1) is 15.8. The lowest BCUT2D eigenvalue weighted by Crippen LogP contribution is -2.35. The number of ether oxygens (including phenoxy) is 2. The van der Waals surface area contributed by atoms with Crippen LogP contribution in [0.4, 0.5) is 0 Å². The number of hydrogen-bond acceptors (Lipinski definition) is 8. The number of thiophene rings is 1. The second-order valence-electron chi connectivity index (χ2n) is 8.17. The van der Waals surface area contributed by atoms with Gasteiger partial charge >= 0.3 is 5.97 Å². The fourth-order valence-electron chi connectivity index (χ4n) is 3.57. The zero-order chi connectivity index (χ0) is 24.0. The number of esters is 1. The lowest BCUT2D eigenvalue weighted by Gasteiger charge is -2.24. The molecular weight excluding hydrogens is 442 g/mol. The van der Waals surface area contributed by atoms with E-state index in [4.69, 9.17) is 9.47 Å². The van der Waals surface area contributed by atoms with Crippen LogP contribution in [0.15, 0.2) is 35.1 Å². The van der Waals surface area contributed by atoms with Crippen LogP contribution in [0.3, 0.4) is 0 Å². The Hall–Kier alpha value is -2.59. The Labute approximate surface area is 197 Å². The van der Waals surface area contributed by atoms with Gasteiger partial charge in [0.1, 0.15) is 15.5 Å². The van der Waals surface area contributed by atoms with Crippen molar-refractivity contribution in [3.8, 4) is 0 Å². The van der Waals surface area contributed by atoms with Crippen LogP contribution in [-0.4, -0.2) is 57.9 Å². The third-order valence-electron chi connectivity index (χ3n) is 4.98. The lowest BCUT2D eigenvalue weighted by atomic mass is 10.2. The van der Waals surface area contributed by atoms with Gasteiger partial charge in [0.05, 0.1) is 30.7 Å². The minimum atomic E-state index is -0.675. The van der Waals surface area contributed by atoms with Crippen molar-refractivity contribution < 1.29 is 19.4 Å². The Morgan fingerprint density at radius 1 is 1.24 bits per heavy atom. The maximum absolute atomic E-state index is 12.9. The van der Waals surface area contributed by atoms with Crippen molar-refractivity contribution in [1.29, 1.82) is 0 Å². The van der Waals surface area contributed by atoms with Crippen LogP contribution in [-0.2, 0) is 22.6 Å². The van der Waals surface area contributed by atoms with Crippen molar-refractivity contribution >= 4 is 27.5 Å². The van der Waals surface area contributed by atoms with E-state index < -0.39 is 12.1 Å². The third-order valence-corrected chi connectivity index (χ3v) is 6.15. The number of carbonyl (C=O) groups is 1. The average molecular weight is 474 g/mol. The summed E-state index contributed by atoms with van der Waals surface area (Å²) < 4.78 is 10.7. The van der Waals surface area contributed by atoms with E-state index in [9.17, 15) is 14.7 Å². The molecule has 0 amide bonds. The number of aromatic amines is 1. The van der Waals surface area contributed by atoms with Crippen molar-refractivity contribution in [1.82, 2.24) is 14.9 Å². The van der Waals surface area contributed by atoms with E-state index in [-0.39, 0.29) is 18.3 Å². The number of aryl methyl sites for hydroxylation is 1. The van der Waals surface area contributed by atoms with E-state index in [0.29, 0.717) is 52.7 Å². The molecule has 0 spiro atoms. The molecule has 0 aliphatic heterocycles. The summed E-state index contributed by atoms with van der Waals surface area (Å²) >= 11 is 1.16. The molecule has 33 heavy (non-hydrogen) atoms. The zero-order valence-corrected chi connectivity index (χ0v) is 20.3. The summed E-state index contributed by atoms with van der Waals surface area (Å²) in [4.78, 5) is 35.7. The Morgan fingerprint density at radius 3 is 2.64 bits per heavy atom. The number of aromatic nitrogens is 2. The summed E-state index contributed by atoms with van der Waals surface area (Å²) in [6, 6.07) is 9.89. The number of benzene rings is 1.